The molecule has 188 valence electrons. The lowest BCUT2D eigenvalue weighted by atomic mass is 10.0. The van der Waals surface area contributed by atoms with Crippen LogP contribution in [0.4, 0.5) is 0 Å². The predicted molar refractivity (Wildman–Crippen MR) is 120 cm³/mol. The Balaban J connectivity index is 2.91. The molecule has 0 aliphatic carbocycles. The maximum Gasteiger partial charge on any atom is 0.338 e. The molecule has 0 aliphatic rings. The van der Waals surface area contributed by atoms with Crippen LogP contribution in [0.15, 0.2) is 56.4 Å². The zero-order chi connectivity index (χ0) is 26.1. The van der Waals surface area contributed by atoms with Crippen molar-refractivity contribution in [2.45, 2.75) is 6.42 Å². The summed E-state index contributed by atoms with van der Waals surface area (Å²) in [7, 11) is 0. The molecule has 0 bridgehead atoms. The first-order valence-electron chi connectivity index (χ1n) is 10.2. The molecule has 0 unspecified atom stereocenters. The van der Waals surface area contributed by atoms with E-state index in [0.29, 0.717) is 0 Å². The maximum absolute atomic E-state index is 12.6. The summed E-state index contributed by atoms with van der Waals surface area (Å²) in [5.74, 6) is -3.57. The number of esters is 4. The molecule has 1 aromatic rings. The number of ether oxygens (including phenoxy) is 6. The van der Waals surface area contributed by atoms with Crippen LogP contribution in [-0.2, 0) is 38.0 Å². The molecule has 0 aromatic heterocycles. The fourth-order valence-corrected chi connectivity index (χ4v) is 2.32. The van der Waals surface area contributed by atoms with E-state index in [-0.39, 0.29) is 62.9 Å². The Labute approximate surface area is 201 Å². The lowest BCUT2D eigenvalue weighted by Gasteiger charge is -2.10. The first-order valence-corrected chi connectivity index (χ1v) is 10.2. The lowest BCUT2D eigenvalue weighted by Crippen LogP contribution is -2.16. The fourth-order valence-electron chi connectivity index (χ4n) is 2.32. The van der Waals surface area contributed by atoms with Gasteiger partial charge in [-0.1, -0.05) is 19.7 Å². The Morgan fingerprint density at radius 1 is 0.657 bits per heavy atom. The van der Waals surface area contributed by atoms with E-state index >= 15 is 0 Å². The smallest absolute Gasteiger partial charge is 0.338 e. The number of benzene rings is 1. The van der Waals surface area contributed by atoms with Crippen molar-refractivity contribution in [3.05, 3.63) is 73.0 Å². The topological polar surface area (TPSA) is 141 Å². The SMILES string of the molecule is C=COCOCCOC(=O)c1cc(C(=O)CCOC(=O)C=C)cc(C(=O)OCCOC(=O)C=C)c1. The largest absolute Gasteiger partial charge is 0.476 e. The second-order valence-electron chi connectivity index (χ2n) is 6.35. The maximum atomic E-state index is 12.6. The highest BCUT2D eigenvalue weighted by molar-refractivity contribution is 6.03. The molecule has 1 aromatic carbocycles. The van der Waals surface area contributed by atoms with Crippen molar-refractivity contribution in [2.24, 2.45) is 0 Å². The monoisotopic (exact) mass is 490 g/mol. The molecule has 0 N–H and O–H groups in total. The van der Waals surface area contributed by atoms with Gasteiger partial charge in [0.05, 0.1) is 30.6 Å². The summed E-state index contributed by atoms with van der Waals surface area (Å²) in [6.45, 7) is 8.98. The van der Waals surface area contributed by atoms with E-state index in [0.717, 1.165) is 12.2 Å². The van der Waals surface area contributed by atoms with E-state index < -0.39 is 29.7 Å². The molecule has 0 fully saturated rings. The van der Waals surface area contributed by atoms with Crippen LogP contribution >= 0.6 is 0 Å². The van der Waals surface area contributed by atoms with Gasteiger partial charge in [0.15, 0.2) is 12.6 Å². The van der Waals surface area contributed by atoms with Crippen LogP contribution in [0.2, 0.25) is 0 Å². The van der Waals surface area contributed by atoms with Gasteiger partial charge in [-0.2, -0.15) is 0 Å². The van der Waals surface area contributed by atoms with E-state index in [1.54, 1.807) is 0 Å². The van der Waals surface area contributed by atoms with E-state index in [4.69, 9.17) is 28.4 Å². The fraction of sp³-hybridized carbons (Fsp3) is 0.292. The number of hydrogen-bond donors (Lipinski definition) is 0. The van der Waals surface area contributed by atoms with Crippen molar-refractivity contribution in [3.8, 4) is 0 Å². The van der Waals surface area contributed by atoms with Crippen molar-refractivity contribution in [1.29, 1.82) is 0 Å². The summed E-state index contributed by atoms with van der Waals surface area (Å²) < 4.78 is 29.4. The standard InChI is InChI=1S/C24H26O11/c1-4-21(26)32-8-7-20(25)17-13-18(23(28)34-10-9-31-16-30-6-3)15-19(14-17)24(29)35-12-11-33-22(27)5-2/h4-6,13-15H,1-3,7-12,16H2. The third-order valence-corrected chi connectivity index (χ3v) is 3.92. The van der Waals surface area contributed by atoms with Gasteiger partial charge >= 0.3 is 23.9 Å². The molecule has 0 saturated carbocycles. The summed E-state index contributed by atoms with van der Waals surface area (Å²) in [4.78, 5) is 59.7. The molecule has 0 aliphatic heterocycles. The van der Waals surface area contributed by atoms with Gasteiger partial charge in [-0.25, -0.2) is 19.2 Å². The number of ketones is 1. The molecule has 0 heterocycles. The van der Waals surface area contributed by atoms with Crippen LogP contribution < -0.4 is 0 Å². The van der Waals surface area contributed by atoms with Crippen molar-refractivity contribution in [3.63, 3.8) is 0 Å². The van der Waals surface area contributed by atoms with Crippen molar-refractivity contribution >= 4 is 29.7 Å². The van der Waals surface area contributed by atoms with Crippen LogP contribution in [0.1, 0.15) is 37.5 Å². The Morgan fingerprint density at radius 2 is 1.14 bits per heavy atom. The third-order valence-electron chi connectivity index (χ3n) is 3.92. The minimum Gasteiger partial charge on any atom is -0.476 e. The number of hydrogen-bond acceptors (Lipinski definition) is 11. The summed E-state index contributed by atoms with van der Waals surface area (Å²) >= 11 is 0. The minimum atomic E-state index is -0.869. The highest BCUT2D eigenvalue weighted by Gasteiger charge is 2.18. The summed E-state index contributed by atoms with van der Waals surface area (Å²) in [6, 6.07) is 3.66. The minimum absolute atomic E-state index is 0.00484. The molecule has 0 saturated heterocycles. The molecular weight excluding hydrogens is 464 g/mol. The summed E-state index contributed by atoms with van der Waals surface area (Å²) in [5, 5.41) is 0. The molecule has 0 spiro atoms. The first kappa shape index (κ1) is 28.8. The van der Waals surface area contributed by atoms with Crippen LogP contribution in [-0.4, -0.2) is 69.5 Å². The van der Waals surface area contributed by atoms with Gasteiger partial charge in [-0.3, -0.25) is 4.79 Å². The van der Waals surface area contributed by atoms with Gasteiger partial charge in [0, 0.05) is 24.1 Å². The molecular formula is C24H26O11. The van der Waals surface area contributed by atoms with E-state index in [1.165, 1.54) is 24.5 Å². The van der Waals surface area contributed by atoms with Gasteiger partial charge in [0.2, 0.25) is 0 Å². The van der Waals surface area contributed by atoms with E-state index in [1.807, 2.05) is 0 Å². The molecule has 0 radical (unpaired) electrons. The Hall–Kier alpha value is -4.25. The first-order chi connectivity index (χ1) is 16.8. The van der Waals surface area contributed by atoms with Gasteiger partial charge in [0.1, 0.15) is 19.8 Å². The average Bonchev–Trinajstić information content (AvgIpc) is 2.87. The molecule has 0 amide bonds. The zero-order valence-electron chi connectivity index (χ0n) is 19.0. The van der Waals surface area contributed by atoms with Crippen LogP contribution in [0.25, 0.3) is 0 Å². The number of carbonyl (C=O) groups is 5. The normalized spacial score (nSPS) is 9.83. The predicted octanol–water partition coefficient (Wildman–Crippen LogP) is 2.17. The van der Waals surface area contributed by atoms with Crippen LogP contribution in [0.3, 0.4) is 0 Å². The Bertz CT molecular complexity index is 949. The molecule has 1 rings (SSSR count). The van der Waals surface area contributed by atoms with Crippen molar-refractivity contribution < 1.29 is 52.4 Å². The van der Waals surface area contributed by atoms with E-state index in [9.17, 15) is 24.0 Å². The second kappa shape index (κ2) is 16.4. The van der Waals surface area contributed by atoms with Gasteiger partial charge in [-0.15, -0.1) is 0 Å². The highest BCUT2D eigenvalue weighted by atomic mass is 16.7. The van der Waals surface area contributed by atoms with Crippen LogP contribution in [0.5, 0.6) is 0 Å². The van der Waals surface area contributed by atoms with Gasteiger partial charge in [-0.05, 0) is 18.2 Å². The number of Topliss-reactive ketones (excluding diaryl/α,β-unsaturated/α-hetero) is 1. The van der Waals surface area contributed by atoms with Gasteiger partial charge in [0.25, 0.3) is 0 Å². The van der Waals surface area contributed by atoms with Gasteiger partial charge < -0.3 is 28.4 Å². The number of rotatable bonds is 17. The van der Waals surface area contributed by atoms with Crippen LogP contribution in [0, 0.1) is 0 Å². The zero-order valence-corrected chi connectivity index (χ0v) is 19.0. The summed E-state index contributed by atoms with van der Waals surface area (Å²) in [5.41, 5.74) is -0.211. The van der Waals surface area contributed by atoms with Crippen molar-refractivity contribution in [2.75, 3.05) is 39.8 Å². The Kier molecular flexibility index (Phi) is 13.5. The average molecular weight is 490 g/mol. The molecule has 35 heavy (non-hydrogen) atoms. The highest BCUT2D eigenvalue weighted by Crippen LogP contribution is 2.15. The van der Waals surface area contributed by atoms with Crippen molar-refractivity contribution in [1.82, 2.24) is 0 Å². The van der Waals surface area contributed by atoms with E-state index in [2.05, 4.69) is 19.7 Å². The third kappa shape index (κ3) is 11.4. The second-order valence-corrected chi connectivity index (χ2v) is 6.35. The quantitative estimate of drug-likeness (QED) is 0.0603. The molecule has 11 nitrogen and oxygen atoms in total. The molecule has 0 atom stereocenters. The lowest BCUT2D eigenvalue weighted by molar-refractivity contribution is -0.139. The molecule has 11 heteroatoms. The summed E-state index contributed by atoms with van der Waals surface area (Å²) in [6.07, 6.45) is 2.89. The number of carbonyl (C=O) groups excluding carboxylic acids is 5. The Morgan fingerprint density at radius 3 is 1.69 bits per heavy atom.